The van der Waals surface area contributed by atoms with Gasteiger partial charge in [0.25, 0.3) is 0 Å². The van der Waals surface area contributed by atoms with Crippen LogP contribution in [0.1, 0.15) is 32.7 Å². The van der Waals surface area contributed by atoms with E-state index in [9.17, 15) is 9.59 Å². The van der Waals surface area contributed by atoms with Gasteiger partial charge in [0.1, 0.15) is 0 Å². The summed E-state index contributed by atoms with van der Waals surface area (Å²) in [6.45, 7) is 5.51. The van der Waals surface area contributed by atoms with Crippen molar-refractivity contribution in [1.82, 2.24) is 4.98 Å². The lowest BCUT2D eigenvalue weighted by Crippen LogP contribution is -2.14. The Kier molecular flexibility index (Phi) is 5.28. The van der Waals surface area contributed by atoms with Gasteiger partial charge < -0.3 is 5.32 Å². The van der Waals surface area contributed by atoms with Crippen LogP contribution in [0.2, 0.25) is 0 Å². The first-order valence-electron chi connectivity index (χ1n) is 8.36. The van der Waals surface area contributed by atoms with Crippen molar-refractivity contribution in [2.45, 2.75) is 27.2 Å². The number of benzene rings is 2. The number of nitrogens with zero attached hydrogens (tertiary/aromatic N) is 1. The van der Waals surface area contributed by atoms with Crippen LogP contribution in [-0.4, -0.2) is 16.7 Å². The van der Waals surface area contributed by atoms with Crippen LogP contribution < -0.4 is 5.32 Å². The maximum Gasteiger partial charge on any atom is 0.229 e. The second-order valence-electron chi connectivity index (χ2n) is 6.23. The highest BCUT2D eigenvalue weighted by Crippen LogP contribution is 2.29. The number of anilines is 1. The van der Waals surface area contributed by atoms with Crippen LogP contribution in [0, 0.1) is 13.8 Å². The zero-order chi connectivity index (χ0) is 18.7. The Morgan fingerprint density at radius 1 is 1.00 bits per heavy atom. The van der Waals surface area contributed by atoms with Crippen molar-refractivity contribution < 1.29 is 9.59 Å². The molecule has 1 N–H and O–H groups in total. The Hall–Kier alpha value is -2.79. The number of Topliss-reactive ketones (excluding diaryl/α,β-unsaturated/α-hetero) is 1. The minimum atomic E-state index is -0.0995. The van der Waals surface area contributed by atoms with Gasteiger partial charge in [0.15, 0.2) is 5.78 Å². The largest absolute Gasteiger partial charge is 0.326 e. The van der Waals surface area contributed by atoms with Gasteiger partial charge in [-0.1, -0.05) is 29.8 Å². The molecular formula is C21H20N2O2S. The summed E-state index contributed by atoms with van der Waals surface area (Å²) in [5.41, 5.74) is 4.39. The first kappa shape index (κ1) is 18.0. The third-order valence-electron chi connectivity index (χ3n) is 4.03. The van der Waals surface area contributed by atoms with Crippen molar-refractivity contribution in [2.24, 2.45) is 0 Å². The molecule has 0 bridgehead atoms. The molecule has 4 nitrogen and oxygen atoms in total. The van der Waals surface area contributed by atoms with E-state index in [0.717, 1.165) is 21.1 Å². The fraction of sp³-hybridized carbons (Fsp3) is 0.190. The Bertz CT molecular complexity index is 941. The monoisotopic (exact) mass is 364 g/mol. The Balaban J connectivity index is 1.75. The number of amides is 1. The van der Waals surface area contributed by atoms with Crippen LogP contribution >= 0.6 is 11.3 Å². The van der Waals surface area contributed by atoms with Gasteiger partial charge in [0, 0.05) is 21.7 Å². The smallest absolute Gasteiger partial charge is 0.229 e. The number of nitrogens with one attached hydrogen (secondary N) is 1. The molecule has 0 saturated carbocycles. The van der Waals surface area contributed by atoms with Gasteiger partial charge in [-0.15, -0.1) is 11.3 Å². The summed E-state index contributed by atoms with van der Waals surface area (Å²) in [6, 6.07) is 15.1. The minimum Gasteiger partial charge on any atom is -0.326 e. The zero-order valence-corrected chi connectivity index (χ0v) is 15.8. The van der Waals surface area contributed by atoms with E-state index in [-0.39, 0.29) is 18.1 Å². The molecule has 5 heteroatoms. The highest BCUT2D eigenvalue weighted by Gasteiger charge is 2.15. The first-order chi connectivity index (χ1) is 12.4. The van der Waals surface area contributed by atoms with Crippen LogP contribution in [-0.2, 0) is 11.2 Å². The quantitative estimate of drug-likeness (QED) is 0.661. The number of aromatic nitrogens is 1. The van der Waals surface area contributed by atoms with Gasteiger partial charge in [0.05, 0.1) is 17.1 Å². The van der Waals surface area contributed by atoms with Crippen LogP contribution in [0.4, 0.5) is 5.69 Å². The van der Waals surface area contributed by atoms with Crippen LogP contribution in [0.15, 0.2) is 48.5 Å². The van der Waals surface area contributed by atoms with Crippen molar-refractivity contribution in [2.75, 3.05) is 5.32 Å². The van der Waals surface area contributed by atoms with E-state index in [1.165, 1.54) is 12.5 Å². The highest BCUT2D eigenvalue weighted by molar-refractivity contribution is 7.12. The predicted molar refractivity (Wildman–Crippen MR) is 106 cm³/mol. The molecule has 0 aliphatic carbocycles. The first-order valence-corrected chi connectivity index (χ1v) is 9.18. The van der Waals surface area contributed by atoms with Crippen molar-refractivity contribution in [1.29, 1.82) is 0 Å². The maximum absolute atomic E-state index is 12.4. The molecule has 26 heavy (non-hydrogen) atoms. The summed E-state index contributed by atoms with van der Waals surface area (Å²) < 4.78 is 0. The molecule has 0 aliphatic rings. The topological polar surface area (TPSA) is 59.1 Å². The molecule has 1 heterocycles. The summed E-state index contributed by atoms with van der Waals surface area (Å²) >= 11 is 1.54. The number of thiazole rings is 1. The van der Waals surface area contributed by atoms with Gasteiger partial charge in [-0.2, -0.15) is 0 Å². The molecule has 1 amide bonds. The SMILES string of the molecule is CC(=O)c1ccc(NC(=O)Cc2sc(C)nc2-c2ccc(C)cc2)cc1. The zero-order valence-electron chi connectivity index (χ0n) is 15.0. The van der Waals surface area contributed by atoms with Gasteiger partial charge in [-0.25, -0.2) is 4.98 Å². The number of hydrogen-bond acceptors (Lipinski definition) is 4. The fourth-order valence-corrected chi connectivity index (χ4v) is 3.62. The second-order valence-corrected chi connectivity index (χ2v) is 7.52. The third-order valence-corrected chi connectivity index (χ3v) is 5.00. The fourth-order valence-electron chi connectivity index (χ4n) is 2.67. The van der Waals surface area contributed by atoms with E-state index in [0.29, 0.717) is 11.3 Å². The van der Waals surface area contributed by atoms with Crippen LogP contribution in [0.25, 0.3) is 11.3 Å². The molecule has 2 aromatic carbocycles. The van der Waals surface area contributed by atoms with Crippen molar-refractivity contribution in [3.63, 3.8) is 0 Å². The second kappa shape index (κ2) is 7.62. The molecule has 3 rings (SSSR count). The molecule has 0 atom stereocenters. The van der Waals surface area contributed by atoms with Gasteiger partial charge >= 0.3 is 0 Å². The number of rotatable bonds is 5. The summed E-state index contributed by atoms with van der Waals surface area (Å²) in [5.74, 6) is -0.0941. The molecule has 3 aromatic rings. The average molecular weight is 364 g/mol. The lowest BCUT2D eigenvalue weighted by molar-refractivity contribution is -0.115. The predicted octanol–water partition coefficient (Wildman–Crippen LogP) is 4.81. The third kappa shape index (κ3) is 4.24. The number of carbonyl (C=O) groups excluding carboxylic acids is 2. The van der Waals surface area contributed by atoms with Crippen molar-refractivity contribution in [3.05, 3.63) is 69.5 Å². The normalized spacial score (nSPS) is 10.6. The molecule has 0 unspecified atom stereocenters. The van der Waals surface area contributed by atoms with E-state index >= 15 is 0 Å². The summed E-state index contributed by atoms with van der Waals surface area (Å²) in [7, 11) is 0. The molecule has 0 aliphatic heterocycles. The summed E-state index contributed by atoms with van der Waals surface area (Å²) in [5, 5.41) is 3.82. The van der Waals surface area contributed by atoms with E-state index in [1.54, 1.807) is 35.6 Å². The Morgan fingerprint density at radius 2 is 1.65 bits per heavy atom. The highest BCUT2D eigenvalue weighted by atomic mass is 32.1. The van der Waals surface area contributed by atoms with Crippen LogP contribution in [0.3, 0.4) is 0 Å². The van der Waals surface area contributed by atoms with Crippen molar-refractivity contribution in [3.8, 4) is 11.3 Å². The minimum absolute atomic E-state index is 0.00533. The number of hydrogen-bond donors (Lipinski definition) is 1. The summed E-state index contributed by atoms with van der Waals surface area (Å²) in [6.07, 6.45) is 0.267. The lowest BCUT2D eigenvalue weighted by atomic mass is 10.1. The number of carbonyl (C=O) groups is 2. The Morgan fingerprint density at radius 3 is 2.27 bits per heavy atom. The van der Waals surface area contributed by atoms with E-state index < -0.39 is 0 Å². The summed E-state index contributed by atoms with van der Waals surface area (Å²) in [4.78, 5) is 29.3. The Labute approximate surface area is 156 Å². The van der Waals surface area contributed by atoms with Crippen LogP contribution in [0.5, 0.6) is 0 Å². The van der Waals surface area contributed by atoms with Gasteiger partial charge in [-0.3, -0.25) is 9.59 Å². The maximum atomic E-state index is 12.4. The van der Waals surface area contributed by atoms with Gasteiger partial charge in [0.2, 0.25) is 5.91 Å². The molecular weight excluding hydrogens is 344 g/mol. The number of ketones is 1. The standard InChI is InChI=1S/C21H20N2O2S/c1-13-4-6-17(7-5-13)21-19(26-15(3)22-21)12-20(25)23-18-10-8-16(9-11-18)14(2)24/h4-11H,12H2,1-3H3,(H,23,25). The van der Waals surface area contributed by atoms with Crippen molar-refractivity contribution >= 4 is 28.7 Å². The average Bonchev–Trinajstić information content (AvgIpc) is 2.96. The van der Waals surface area contributed by atoms with E-state index in [4.69, 9.17) is 0 Å². The number of aryl methyl sites for hydroxylation is 2. The molecule has 0 saturated heterocycles. The molecule has 1 aromatic heterocycles. The molecule has 0 radical (unpaired) electrons. The molecule has 0 fully saturated rings. The van der Waals surface area contributed by atoms with Gasteiger partial charge in [-0.05, 0) is 45.0 Å². The van der Waals surface area contributed by atoms with E-state index in [2.05, 4.69) is 10.3 Å². The molecule has 132 valence electrons. The lowest BCUT2D eigenvalue weighted by Gasteiger charge is -2.06. The van der Waals surface area contributed by atoms with E-state index in [1.807, 2.05) is 38.1 Å². The molecule has 0 spiro atoms.